The summed E-state index contributed by atoms with van der Waals surface area (Å²) in [5, 5.41) is 20.5. The summed E-state index contributed by atoms with van der Waals surface area (Å²) < 4.78 is 14.9. The number of nitrogens with zero attached hydrogens (tertiary/aromatic N) is 5. The predicted octanol–water partition coefficient (Wildman–Crippen LogP) is 2.53. The number of hydrogen-bond acceptors (Lipinski definition) is 7. The highest BCUT2D eigenvalue weighted by Gasteiger charge is 2.37. The Balaban J connectivity index is 0.00000204. The number of aliphatic hydroxyl groups is 1. The van der Waals surface area contributed by atoms with Crippen LogP contribution in [0.2, 0.25) is 0 Å². The number of aliphatic hydroxyl groups excluding tert-OH is 1. The van der Waals surface area contributed by atoms with E-state index >= 15 is 0 Å². The van der Waals surface area contributed by atoms with E-state index in [-0.39, 0.29) is 38.7 Å². The number of rotatable bonds is 7. The normalized spacial score (nSPS) is 15.5. The number of fused-ring (bicyclic) bond motifs is 1. The van der Waals surface area contributed by atoms with Crippen LogP contribution in [0, 0.1) is 12.7 Å². The maximum absolute atomic E-state index is 13.1. The average Bonchev–Trinajstić information content (AvgIpc) is 3.20. The summed E-state index contributed by atoms with van der Waals surface area (Å²) in [6.07, 6.45) is 2.81. The van der Waals surface area contributed by atoms with Crippen molar-refractivity contribution < 1.29 is 14.3 Å². The highest BCUT2D eigenvalue weighted by atomic mass is 32.1. The molecule has 4 rings (SSSR count). The van der Waals surface area contributed by atoms with Gasteiger partial charge in [-0.05, 0) is 38.5 Å². The van der Waals surface area contributed by atoms with Crippen molar-refractivity contribution in [2.45, 2.75) is 46.0 Å². The zero-order valence-electron chi connectivity index (χ0n) is 19.2. The third kappa shape index (κ3) is 5.80. The van der Waals surface area contributed by atoms with Gasteiger partial charge < -0.3 is 20.6 Å². The number of amides is 1. The van der Waals surface area contributed by atoms with Crippen LogP contribution in [0.4, 0.5) is 21.8 Å². The lowest BCUT2D eigenvalue weighted by atomic mass is 10.1. The highest BCUT2D eigenvalue weighted by Crippen LogP contribution is 2.34. The summed E-state index contributed by atoms with van der Waals surface area (Å²) in [6.45, 7) is 6.83. The van der Waals surface area contributed by atoms with E-state index in [9.17, 15) is 14.3 Å². The molecular formula is C22H30FN7O2S2. The molecule has 0 radical (unpaired) electrons. The van der Waals surface area contributed by atoms with Gasteiger partial charge in [-0.3, -0.25) is 9.48 Å². The fourth-order valence-corrected chi connectivity index (χ4v) is 3.83. The van der Waals surface area contributed by atoms with Crippen molar-refractivity contribution in [2.24, 2.45) is 0 Å². The van der Waals surface area contributed by atoms with E-state index in [1.807, 2.05) is 20.0 Å². The number of carbonyl (C=O) groups is 1. The molecule has 3 aromatic rings. The van der Waals surface area contributed by atoms with Gasteiger partial charge in [0, 0.05) is 24.8 Å². The van der Waals surface area contributed by atoms with Gasteiger partial charge in [0.05, 0.1) is 24.5 Å². The number of carbonyl (C=O) groups excluding carboxylic acids is 1. The van der Waals surface area contributed by atoms with Gasteiger partial charge >= 0.3 is 0 Å². The Kier molecular flexibility index (Phi) is 9.30. The minimum atomic E-state index is -0.846. The molecule has 1 aromatic carbocycles. The molecule has 1 amide bonds. The Bertz CT molecular complexity index is 1120. The van der Waals surface area contributed by atoms with Crippen LogP contribution in [0.25, 0.3) is 0 Å². The van der Waals surface area contributed by atoms with E-state index in [1.165, 1.54) is 12.1 Å². The SMILES string of the molecule is CCN1c2nc(NCc3cnn(Cc4ccc(F)cc4)c3)nc(C)c2NC(=O)[C@@H]1C(C)O.S.S. The standard InChI is InChI=1S/C22H26FN7O2.2H2S/c1-4-30-19(14(3)31)21(32)27-18-13(2)26-22(28-20(18)30)24-9-16-10-25-29(12-16)11-15-5-7-17(23)8-6-15;;/h5-8,10,12,14,19,31H,4,9,11H2,1-3H3,(H,27,32)(H,24,26,28);2*1H2/t14?,19-;;/m0../s1. The Morgan fingerprint density at radius 2 is 1.91 bits per heavy atom. The number of likely N-dealkylation sites (N-methyl/N-ethyl adjacent to an activating group) is 1. The first-order valence-electron chi connectivity index (χ1n) is 10.5. The second kappa shape index (κ2) is 11.5. The lowest BCUT2D eigenvalue weighted by Crippen LogP contribution is -2.54. The summed E-state index contributed by atoms with van der Waals surface area (Å²) in [6, 6.07) is 5.62. The van der Waals surface area contributed by atoms with Gasteiger partial charge in [-0.25, -0.2) is 9.37 Å². The largest absolute Gasteiger partial charge is 0.391 e. The van der Waals surface area contributed by atoms with Crippen molar-refractivity contribution in [3.63, 3.8) is 0 Å². The fraction of sp³-hybridized carbons (Fsp3) is 0.364. The first-order valence-corrected chi connectivity index (χ1v) is 10.5. The van der Waals surface area contributed by atoms with E-state index < -0.39 is 12.1 Å². The van der Waals surface area contributed by atoms with Crippen molar-refractivity contribution in [3.05, 3.63) is 59.3 Å². The summed E-state index contributed by atoms with van der Waals surface area (Å²) in [5.41, 5.74) is 3.09. The van der Waals surface area contributed by atoms with Crippen molar-refractivity contribution in [1.82, 2.24) is 19.7 Å². The van der Waals surface area contributed by atoms with Gasteiger partial charge in [-0.15, -0.1) is 0 Å². The van der Waals surface area contributed by atoms with Crippen LogP contribution in [-0.2, 0) is 17.9 Å². The maximum Gasteiger partial charge on any atom is 0.249 e. The highest BCUT2D eigenvalue weighted by molar-refractivity contribution is 7.59. The summed E-state index contributed by atoms with van der Waals surface area (Å²) in [7, 11) is 0. The van der Waals surface area contributed by atoms with E-state index in [0.29, 0.717) is 42.8 Å². The lowest BCUT2D eigenvalue weighted by Gasteiger charge is -2.38. The number of benzene rings is 1. The third-order valence-corrected chi connectivity index (χ3v) is 5.39. The molecular weight excluding hydrogens is 477 g/mol. The van der Waals surface area contributed by atoms with Crippen LogP contribution in [0.15, 0.2) is 36.7 Å². The van der Waals surface area contributed by atoms with Gasteiger partial charge in [-0.1, -0.05) is 12.1 Å². The lowest BCUT2D eigenvalue weighted by molar-refractivity contribution is -0.119. The molecule has 0 fully saturated rings. The molecule has 1 unspecified atom stereocenters. The molecule has 3 N–H and O–H groups in total. The van der Waals surface area contributed by atoms with Gasteiger partial charge in [0.2, 0.25) is 11.9 Å². The molecule has 9 nitrogen and oxygen atoms in total. The Morgan fingerprint density at radius 1 is 1.21 bits per heavy atom. The molecule has 3 heterocycles. The van der Waals surface area contributed by atoms with Crippen molar-refractivity contribution in [2.75, 3.05) is 22.1 Å². The monoisotopic (exact) mass is 507 g/mol. The Labute approximate surface area is 211 Å². The molecule has 0 saturated carbocycles. The topological polar surface area (TPSA) is 108 Å². The zero-order valence-corrected chi connectivity index (χ0v) is 21.2. The molecule has 0 bridgehead atoms. The number of aromatic nitrogens is 4. The molecule has 1 aliphatic rings. The Hall–Kier alpha value is -2.83. The van der Waals surface area contributed by atoms with Gasteiger partial charge in [0.1, 0.15) is 17.5 Å². The first-order chi connectivity index (χ1) is 15.4. The summed E-state index contributed by atoms with van der Waals surface area (Å²) in [4.78, 5) is 23.3. The molecule has 1 aliphatic heterocycles. The molecule has 2 atom stereocenters. The summed E-state index contributed by atoms with van der Waals surface area (Å²) in [5.74, 6) is 0.474. The summed E-state index contributed by atoms with van der Waals surface area (Å²) >= 11 is 0. The minimum Gasteiger partial charge on any atom is -0.391 e. The number of halogens is 1. The average molecular weight is 508 g/mol. The molecule has 2 aromatic heterocycles. The van der Waals surface area contributed by atoms with Crippen molar-refractivity contribution >= 4 is 50.4 Å². The second-order valence-corrected chi connectivity index (χ2v) is 7.82. The fourth-order valence-electron chi connectivity index (χ4n) is 3.83. The molecule has 0 aliphatic carbocycles. The van der Waals surface area contributed by atoms with Crippen molar-refractivity contribution in [1.29, 1.82) is 0 Å². The van der Waals surface area contributed by atoms with E-state index in [2.05, 4.69) is 25.7 Å². The second-order valence-electron chi connectivity index (χ2n) is 7.82. The smallest absolute Gasteiger partial charge is 0.249 e. The van der Waals surface area contributed by atoms with E-state index in [1.54, 1.807) is 34.8 Å². The minimum absolute atomic E-state index is 0. The quantitative estimate of drug-likeness (QED) is 0.451. The van der Waals surface area contributed by atoms with Crippen LogP contribution in [0.1, 0.15) is 30.7 Å². The van der Waals surface area contributed by atoms with Gasteiger partial charge in [0.15, 0.2) is 5.82 Å². The number of aryl methyl sites for hydroxylation is 1. The number of anilines is 3. The van der Waals surface area contributed by atoms with E-state index in [4.69, 9.17) is 0 Å². The third-order valence-electron chi connectivity index (χ3n) is 5.39. The molecule has 0 spiro atoms. The molecule has 184 valence electrons. The zero-order chi connectivity index (χ0) is 22.8. The molecule has 0 saturated heterocycles. The van der Waals surface area contributed by atoms with Crippen LogP contribution in [0.3, 0.4) is 0 Å². The van der Waals surface area contributed by atoms with E-state index in [0.717, 1.165) is 11.1 Å². The maximum atomic E-state index is 13.1. The number of nitrogens with one attached hydrogen (secondary N) is 2. The van der Waals surface area contributed by atoms with Crippen molar-refractivity contribution in [3.8, 4) is 0 Å². The molecule has 12 heteroatoms. The molecule has 34 heavy (non-hydrogen) atoms. The van der Waals surface area contributed by atoms with Crippen LogP contribution < -0.4 is 15.5 Å². The first kappa shape index (κ1) is 27.4. The van der Waals surface area contributed by atoms with Crippen LogP contribution >= 0.6 is 27.0 Å². The number of hydrogen-bond donors (Lipinski definition) is 3. The predicted molar refractivity (Wildman–Crippen MR) is 140 cm³/mol. The van der Waals surface area contributed by atoms with Crippen LogP contribution in [0.5, 0.6) is 0 Å². The Morgan fingerprint density at radius 3 is 2.56 bits per heavy atom. The van der Waals surface area contributed by atoms with Gasteiger partial charge in [0.25, 0.3) is 0 Å². The van der Waals surface area contributed by atoms with Gasteiger partial charge in [-0.2, -0.15) is 37.1 Å². The van der Waals surface area contributed by atoms with Crippen LogP contribution in [-0.4, -0.2) is 49.5 Å².